The van der Waals surface area contributed by atoms with Crippen molar-refractivity contribution in [2.24, 2.45) is 0 Å². The van der Waals surface area contributed by atoms with Crippen LogP contribution in [-0.2, 0) is 4.79 Å². The van der Waals surface area contributed by atoms with E-state index >= 15 is 0 Å². The molecule has 0 bridgehead atoms. The number of nitrogens with one attached hydrogen (secondary N) is 1. The summed E-state index contributed by atoms with van der Waals surface area (Å²) in [6, 6.07) is 7.54. The summed E-state index contributed by atoms with van der Waals surface area (Å²) in [5.41, 5.74) is 1.74. The van der Waals surface area contributed by atoms with E-state index in [1.165, 1.54) is 0 Å². The second kappa shape index (κ2) is 9.00. The number of carboxylic acid groups (broad SMARTS) is 1. The summed E-state index contributed by atoms with van der Waals surface area (Å²) in [4.78, 5) is 24.5. The smallest absolute Gasteiger partial charge is 0.303 e. The van der Waals surface area contributed by atoms with Crippen LogP contribution in [0.5, 0.6) is 0 Å². The van der Waals surface area contributed by atoms with Gasteiger partial charge in [-0.2, -0.15) is 0 Å². The molecule has 1 amide bonds. The van der Waals surface area contributed by atoms with E-state index < -0.39 is 5.97 Å². The number of anilines is 1. The van der Waals surface area contributed by atoms with E-state index in [1.54, 1.807) is 0 Å². The highest BCUT2D eigenvalue weighted by atomic mass is 16.4. The summed E-state index contributed by atoms with van der Waals surface area (Å²) < 4.78 is 0. The van der Waals surface area contributed by atoms with Crippen LogP contribution in [0.15, 0.2) is 24.3 Å². The van der Waals surface area contributed by atoms with Gasteiger partial charge >= 0.3 is 5.97 Å². The maximum Gasteiger partial charge on any atom is 0.303 e. The molecule has 0 unspecified atom stereocenters. The highest BCUT2D eigenvalue weighted by molar-refractivity contribution is 5.94. The summed E-state index contributed by atoms with van der Waals surface area (Å²) in [7, 11) is 0. The Morgan fingerprint density at radius 2 is 1.71 bits per heavy atom. The van der Waals surface area contributed by atoms with E-state index in [1.807, 2.05) is 24.3 Å². The molecule has 0 spiro atoms. The van der Waals surface area contributed by atoms with Crippen LogP contribution in [-0.4, -0.2) is 36.6 Å². The lowest BCUT2D eigenvalue weighted by Gasteiger charge is -2.21. The first kappa shape index (κ1) is 17.0. The molecule has 0 aliphatic carbocycles. The Bertz CT molecular complexity index is 453. The largest absolute Gasteiger partial charge is 0.481 e. The van der Waals surface area contributed by atoms with Gasteiger partial charge in [0, 0.05) is 37.3 Å². The van der Waals surface area contributed by atoms with Crippen LogP contribution >= 0.6 is 0 Å². The van der Waals surface area contributed by atoms with E-state index in [-0.39, 0.29) is 12.3 Å². The lowest BCUT2D eigenvalue weighted by Crippen LogP contribution is -2.25. The van der Waals surface area contributed by atoms with Crippen molar-refractivity contribution >= 4 is 17.6 Å². The van der Waals surface area contributed by atoms with Crippen LogP contribution in [0.2, 0.25) is 0 Å². The molecule has 1 aromatic rings. The Kier molecular flexibility index (Phi) is 7.29. The molecule has 2 N–H and O–H groups in total. The first-order chi connectivity index (χ1) is 10.1. The van der Waals surface area contributed by atoms with Gasteiger partial charge in [-0.15, -0.1) is 0 Å². The van der Waals surface area contributed by atoms with E-state index in [9.17, 15) is 9.59 Å². The second-order valence-electron chi connectivity index (χ2n) is 4.83. The van der Waals surface area contributed by atoms with Gasteiger partial charge in [0.05, 0.1) is 0 Å². The van der Waals surface area contributed by atoms with Crippen LogP contribution < -0.4 is 10.2 Å². The third-order valence-electron chi connectivity index (χ3n) is 3.36. The Labute approximate surface area is 126 Å². The zero-order valence-electron chi connectivity index (χ0n) is 12.8. The van der Waals surface area contributed by atoms with Gasteiger partial charge in [0.15, 0.2) is 0 Å². The number of rotatable bonds is 9. The van der Waals surface area contributed by atoms with Crippen LogP contribution in [0.25, 0.3) is 0 Å². The van der Waals surface area contributed by atoms with E-state index in [0.29, 0.717) is 24.9 Å². The van der Waals surface area contributed by atoms with Gasteiger partial charge in [-0.05, 0) is 51.0 Å². The number of carbonyl (C=O) groups excluding carboxylic acids is 1. The predicted molar refractivity (Wildman–Crippen MR) is 83.8 cm³/mol. The predicted octanol–water partition coefficient (Wildman–Crippen LogP) is 2.52. The average Bonchev–Trinajstić information content (AvgIpc) is 2.48. The fourth-order valence-electron chi connectivity index (χ4n) is 2.12. The van der Waals surface area contributed by atoms with E-state index in [0.717, 1.165) is 18.8 Å². The van der Waals surface area contributed by atoms with Crippen LogP contribution in [0.1, 0.15) is 43.5 Å². The van der Waals surface area contributed by atoms with Crippen molar-refractivity contribution in [1.82, 2.24) is 5.32 Å². The summed E-state index contributed by atoms with van der Waals surface area (Å²) >= 11 is 0. The Morgan fingerprint density at radius 3 is 2.24 bits per heavy atom. The summed E-state index contributed by atoms with van der Waals surface area (Å²) in [6.07, 6.45) is 1.40. The lowest BCUT2D eigenvalue weighted by atomic mass is 10.1. The minimum atomic E-state index is -0.798. The molecular weight excluding hydrogens is 268 g/mol. The van der Waals surface area contributed by atoms with Crippen molar-refractivity contribution in [2.45, 2.75) is 33.1 Å². The molecular formula is C16H24N2O3. The third kappa shape index (κ3) is 5.85. The number of carboxylic acids is 1. The van der Waals surface area contributed by atoms with Gasteiger partial charge < -0.3 is 15.3 Å². The van der Waals surface area contributed by atoms with E-state index in [4.69, 9.17) is 5.11 Å². The molecule has 21 heavy (non-hydrogen) atoms. The molecule has 0 aliphatic heterocycles. The number of hydrogen-bond acceptors (Lipinski definition) is 3. The van der Waals surface area contributed by atoms with Gasteiger partial charge in [0.25, 0.3) is 5.91 Å². The van der Waals surface area contributed by atoms with Crippen LogP contribution in [0, 0.1) is 0 Å². The first-order valence-electron chi connectivity index (χ1n) is 7.43. The number of amides is 1. The first-order valence-corrected chi connectivity index (χ1v) is 7.43. The molecule has 0 aromatic heterocycles. The van der Waals surface area contributed by atoms with Gasteiger partial charge in [0.1, 0.15) is 0 Å². The molecule has 0 fully saturated rings. The fraction of sp³-hybridized carbons (Fsp3) is 0.500. The molecule has 5 nitrogen and oxygen atoms in total. The number of nitrogens with zero attached hydrogens (tertiary/aromatic N) is 1. The highest BCUT2D eigenvalue weighted by Gasteiger charge is 2.07. The SMILES string of the molecule is CCN(CC)c1ccc(C(=O)NCCCCC(=O)O)cc1. The van der Waals surface area contributed by atoms with Crippen molar-refractivity contribution in [1.29, 1.82) is 0 Å². The maximum atomic E-state index is 11.9. The van der Waals surface area contributed by atoms with Crippen molar-refractivity contribution in [2.75, 3.05) is 24.5 Å². The molecule has 0 atom stereocenters. The van der Waals surface area contributed by atoms with Crippen molar-refractivity contribution in [3.8, 4) is 0 Å². The number of unbranched alkanes of at least 4 members (excludes halogenated alkanes) is 1. The monoisotopic (exact) mass is 292 g/mol. The molecule has 0 radical (unpaired) electrons. The van der Waals surface area contributed by atoms with E-state index in [2.05, 4.69) is 24.1 Å². The van der Waals surface area contributed by atoms with Crippen molar-refractivity contribution < 1.29 is 14.7 Å². The van der Waals surface area contributed by atoms with Gasteiger partial charge in [-0.25, -0.2) is 0 Å². The minimum Gasteiger partial charge on any atom is -0.481 e. The third-order valence-corrected chi connectivity index (χ3v) is 3.36. The lowest BCUT2D eigenvalue weighted by molar-refractivity contribution is -0.137. The van der Waals surface area contributed by atoms with Crippen LogP contribution in [0.4, 0.5) is 5.69 Å². The molecule has 0 saturated heterocycles. The number of carbonyl (C=O) groups is 2. The topological polar surface area (TPSA) is 69.6 Å². The highest BCUT2D eigenvalue weighted by Crippen LogP contribution is 2.14. The summed E-state index contributed by atoms with van der Waals surface area (Å²) in [5.74, 6) is -0.912. The van der Waals surface area contributed by atoms with Crippen molar-refractivity contribution in [3.05, 3.63) is 29.8 Å². The molecule has 5 heteroatoms. The zero-order valence-corrected chi connectivity index (χ0v) is 12.8. The van der Waals surface area contributed by atoms with Crippen molar-refractivity contribution in [3.63, 3.8) is 0 Å². The zero-order chi connectivity index (χ0) is 15.7. The Hall–Kier alpha value is -2.04. The normalized spacial score (nSPS) is 10.2. The van der Waals surface area contributed by atoms with Crippen LogP contribution in [0.3, 0.4) is 0 Å². The Balaban J connectivity index is 2.42. The standard InChI is InChI=1S/C16H24N2O3/c1-3-18(4-2)14-10-8-13(9-11-14)16(21)17-12-6-5-7-15(19)20/h8-11H,3-7,12H2,1-2H3,(H,17,21)(H,19,20). The maximum absolute atomic E-state index is 11.9. The molecule has 0 heterocycles. The molecule has 0 saturated carbocycles. The van der Waals surface area contributed by atoms with Gasteiger partial charge in [0.2, 0.25) is 0 Å². The Morgan fingerprint density at radius 1 is 1.10 bits per heavy atom. The van der Waals surface area contributed by atoms with Gasteiger partial charge in [-0.1, -0.05) is 0 Å². The molecule has 116 valence electrons. The number of aliphatic carboxylic acids is 1. The molecule has 1 rings (SSSR count). The summed E-state index contributed by atoms with van der Waals surface area (Å²) in [5, 5.41) is 11.3. The average molecular weight is 292 g/mol. The second-order valence-corrected chi connectivity index (χ2v) is 4.83. The quantitative estimate of drug-likeness (QED) is 0.686. The number of benzene rings is 1. The van der Waals surface area contributed by atoms with Gasteiger partial charge in [-0.3, -0.25) is 9.59 Å². The molecule has 0 aliphatic rings. The minimum absolute atomic E-state index is 0.114. The summed E-state index contributed by atoms with van der Waals surface area (Å²) in [6.45, 7) is 6.57. The molecule has 1 aromatic carbocycles. The fourth-order valence-corrected chi connectivity index (χ4v) is 2.12. The number of hydrogen-bond donors (Lipinski definition) is 2.